The first-order valence-corrected chi connectivity index (χ1v) is 9.90. The van der Waals surface area contributed by atoms with E-state index in [0.29, 0.717) is 23.8 Å². The standard InChI is InChI=1S/C20H21N3O3S/c1-13(17-10-14-6-3-4-7-16(14)26-17)22(2)19(25)11-15-12-27-20(21-15)23-9-5-8-18(23)24/h3-4,6-7,10,12-13H,5,8-9,11H2,1-2H3. The second kappa shape index (κ2) is 7.15. The van der Waals surface area contributed by atoms with Gasteiger partial charge in [-0.2, -0.15) is 0 Å². The predicted octanol–water partition coefficient (Wildman–Crippen LogP) is 3.78. The highest BCUT2D eigenvalue weighted by Crippen LogP contribution is 2.28. The van der Waals surface area contributed by atoms with Gasteiger partial charge in [-0.25, -0.2) is 4.98 Å². The van der Waals surface area contributed by atoms with Gasteiger partial charge in [0, 0.05) is 30.8 Å². The number of furan rings is 1. The normalized spacial score (nSPS) is 15.5. The largest absolute Gasteiger partial charge is 0.459 e. The molecule has 6 nitrogen and oxygen atoms in total. The van der Waals surface area contributed by atoms with Crippen molar-refractivity contribution >= 4 is 39.3 Å². The highest BCUT2D eigenvalue weighted by atomic mass is 32.1. The van der Waals surface area contributed by atoms with Gasteiger partial charge in [0.1, 0.15) is 11.3 Å². The topological polar surface area (TPSA) is 66.7 Å². The van der Waals surface area contributed by atoms with Crippen LogP contribution in [0.15, 0.2) is 40.1 Å². The Morgan fingerprint density at radius 2 is 2.22 bits per heavy atom. The van der Waals surface area contributed by atoms with Crippen LogP contribution in [-0.2, 0) is 16.0 Å². The fourth-order valence-corrected chi connectivity index (χ4v) is 4.11. The summed E-state index contributed by atoms with van der Waals surface area (Å²) in [5, 5.41) is 3.58. The zero-order chi connectivity index (χ0) is 19.0. The number of rotatable bonds is 5. The summed E-state index contributed by atoms with van der Waals surface area (Å²) in [6.07, 6.45) is 1.65. The first-order valence-electron chi connectivity index (χ1n) is 9.02. The summed E-state index contributed by atoms with van der Waals surface area (Å²) < 4.78 is 5.88. The lowest BCUT2D eigenvalue weighted by Crippen LogP contribution is -2.31. The number of hydrogen-bond donors (Lipinski definition) is 0. The van der Waals surface area contributed by atoms with E-state index in [-0.39, 0.29) is 24.3 Å². The minimum atomic E-state index is -0.178. The van der Waals surface area contributed by atoms with Crippen molar-refractivity contribution < 1.29 is 14.0 Å². The molecular formula is C20H21N3O3S. The van der Waals surface area contributed by atoms with Crippen LogP contribution in [0.2, 0.25) is 0 Å². The van der Waals surface area contributed by atoms with Gasteiger partial charge in [0.25, 0.3) is 0 Å². The van der Waals surface area contributed by atoms with Crippen molar-refractivity contribution in [3.63, 3.8) is 0 Å². The smallest absolute Gasteiger partial charge is 0.228 e. The number of nitrogens with zero attached hydrogens (tertiary/aromatic N) is 3. The molecule has 1 aliphatic rings. The lowest BCUT2D eigenvalue weighted by molar-refractivity contribution is -0.131. The SMILES string of the molecule is CC(c1cc2ccccc2o1)N(C)C(=O)Cc1csc(N2CCCC2=O)n1. The lowest BCUT2D eigenvalue weighted by Gasteiger charge is -2.23. The van der Waals surface area contributed by atoms with Crippen LogP contribution in [0, 0.1) is 0 Å². The average molecular weight is 383 g/mol. The average Bonchev–Trinajstić information content (AvgIpc) is 3.39. The molecule has 0 radical (unpaired) electrons. The van der Waals surface area contributed by atoms with Crippen LogP contribution in [0.3, 0.4) is 0 Å². The molecule has 1 atom stereocenters. The zero-order valence-electron chi connectivity index (χ0n) is 15.3. The Morgan fingerprint density at radius 3 is 2.96 bits per heavy atom. The van der Waals surface area contributed by atoms with E-state index in [2.05, 4.69) is 4.98 Å². The minimum absolute atomic E-state index is 0.0347. The Hall–Kier alpha value is -2.67. The molecule has 1 unspecified atom stereocenters. The fraction of sp³-hybridized carbons (Fsp3) is 0.350. The summed E-state index contributed by atoms with van der Waals surface area (Å²) in [6, 6.07) is 9.61. The second-order valence-electron chi connectivity index (χ2n) is 6.81. The van der Waals surface area contributed by atoms with Crippen molar-refractivity contribution in [2.45, 2.75) is 32.2 Å². The molecule has 2 aromatic heterocycles. The van der Waals surface area contributed by atoms with Crippen molar-refractivity contribution in [3.05, 3.63) is 47.2 Å². The maximum Gasteiger partial charge on any atom is 0.228 e. The van der Waals surface area contributed by atoms with E-state index in [1.54, 1.807) is 16.8 Å². The summed E-state index contributed by atoms with van der Waals surface area (Å²) in [7, 11) is 1.78. The molecule has 0 bridgehead atoms. The molecule has 27 heavy (non-hydrogen) atoms. The molecule has 1 fully saturated rings. The Balaban J connectivity index is 1.44. The molecule has 0 aliphatic carbocycles. The van der Waals surface area contributed by atoms with Crippen molar-refractivity contribution in [2.24, 2.45) is 0 Å². The first-order chi connectivity index (χ1) is 13.0. The van der Waals surface area contributed by atoms with Gasteiger partial charge in [0.2, 0.25) is 11.8 Å². The van der Waals surface area contributed by atoms with Crippen molar-refractivity contribution in [1.29, 1.82) is 0 Å². The van der Waals surface area contributed by atoms with Gasteiger partial charge in [0.15, 0.2) is 5.13 Å². The van der Waals surface area contributed by atoms with E-state index >= 15 is 0 Å². The van der Waals surface area contributed by atoms with Crippen molar-refractivity contribution in [2.75, 3.05) is 18.5 Å². The maximum atomic E-state index is 12.7. The van der Waals surface area contributed by atoms with Crippen molar-refractivity contribution in [3.8, 4) is 0 Å². The molecule has 0 N–H and O–H groups in total. The van der Waals surface area contributed by atoms with Crippen LogP contribution < -0.4 is 4.90 Å². The van der Waals surface area contributed by atoms with Crippen LogP contribution in [-0.4, -0.2) is 35.3 Å². The summed E-state index contributed by atoms with van der Waals surface area (Å²) in [5.41, 5.74) is 1.52. The van der Waals surface area contributed by atoms with Gasteiger partial charge in [-0.15, -0.1) is 11.3 Å². The number of thiazole rings is 1. The van der Waals surface area contributed by atoms with Crippen LogP contribution in [0.1, 0.15) is 37.3 Å². The molecule has 4 rings (SSSR count). The monoisotopic (exact) mass is 383 g/mol. The minimum Gasteiger partial charge on any atom is -0.459 e. The van der Waals surface area contributed by atoms with Crippen LogP contribution >= 0.6 is 11.3 Å². The van der Waals surface area contributed by atoms with Crippen LogP contribution in [0.5, 0.6) is 0 Å². The Labute approximate surface area is 161 Å². The molecule has 3 aromatic rings. The molecule has 1 aromatic carbocycles. The third kappa shape index (κ3) is 3.47. The van der Waals surface area contributed by atoms with E-state index in [4.69, 9.17) is 4.42 Å². The number of anilines is 1. The molecular weight excluding hydrogens is 362 g/mol. The number of amides is 2. The Kier molecular flexibility index (Phi) is 4.70. The summed E-state index contributed by atoms with van der Waals surface area (Å²) in [4.78, 5) is 32.4. The van der Waals surface area contributed by atoms with E-state index < -0.39 is 0 Å². The summed E-state index contributed by atoms with van der Waals surface area (Å²) in [6.45, 7) is 2.66. The number of benzene rings is 1. The molecule has 1 saturated heterocycles. The van der Waals surface area contributed by atoms with Gasteiger partial charge in [-0.05, 0) is 25.5 Å². The summed E-state index contributed by atoms with van der Waals surface area (Å²) >= 11 is 1.42. The van der Waals surface area contributed by atoms with E-state index in [0.717, 1.165) is 23.2 Å². The molecule has 0 saturated carbocycles. The van der Waals surface area contributed by atoms with Gasteiger partial charge in [0.05, 0.1) is 18.2 Å². The Bertz CT molecular complexity index is 960. The Morgan fingerprint density at radius 1 is 1.41 bits per heavy atom. The number of aromatic nitrogens is 1. The van der Waals surface area contributed by atoms with E-state index in [1.165, 1.54) is 11.3 Å². The summed E-state index contributed by atoms with van der Waals surface area (Å²) in [5.74, 6) is 0.832. The van der Waals surface area contributed by atoms with Crippen molar-refractivity contribution in [1.82, 2.24) is 9.88 Å². The van der Waals surface area contributed by atoms with Gasteiger partial charge in [-0.1, -0.05) is 18.2 Å². The third-order valence-corrected chi connectivity index (χ3v) is 5.92. The van der Waals surface area contributed by atoms with E-state index in [9.17, 15) is 9.59 Å². The molecule has 7 heteroatoms. The quantitative estimate of drug-likeness (QED) is 0.672. The number of fused-ring (bicyclic) bond motifs is 1. The zero-order valence-corrected chi connectivity index (χ0v) is 16.2. The molecule has 1 aliphatic heterocycles. The number of carbonyl (C=O) groups is 2. The molecule has 140 valence electrons. The molecule has 2 amide bonds. The maximum absolute atomic E-state index is 12.7. The number of carbonyl (C=O) groups excluding carboxylic acids is 2. The molecule has 0 spiro atoms. The third-order valence-electron chi connectivity index (χ3n) is 5.01. The number of hydrogen-bond acceptors (Lipinski definition) is 5. The highest BCUT2D eigenvalue weighted by Gasteiger charge is 2.25. The first kappa shape index (κ1) is 17.7. The molecule has 3 heterocycles. The predicted molar refractivity (Wildman–Crippen MR) is 105 cm³/mol. The highest BCUT2D eigenvalue weighted by molar-refractivity contribution is 7.14. The number of likely N-dealkylation sites (N-methyl/N-ethyl adjacent to an activating group) is 1. The number of para-hydroxylation sites is 1. The lowest BCUT2D eigenvalue weighted by atomic mass is 10.2. The van der Waals surface area contributed by atoms with Crippen LogP contribution in [0.25, 0.3) is 11.0 Å². The fourth-order valence-electron chi connectivity index (χ4n) is 3.25. The van der Waals surface area contributed by atoms with E-state index in [1.807, 2.05) is 42.6 Å². The van der Waals surface area contributed by atoms with Gasteiger partial charge in [-0.3, -0.25) is 14.5 Å². The van der Waals surface area contributed by atoms with Gasteiger partial charge < -0.3 is 9.32 Å². The second-order valence-corrected chi connectivity index (χ2v) is 7.65. The van der Waals surface area contributed by atoms with Crippen LogP contribution in [0.4, 0.5) is 5.13 Å². The van der Waals surface area contributed by atoms with Gasteiger partial charge >= 0.3 is 0 Å².